The summed E-state index contributed by atoms with van der Waals surface area (Å²) in [5.74, 6) is -0.147. The molecule has 0 aliphatic carbocycles. The zero-order valence-electron chi connectivity index (χ0n) is 14.8. The van der Waals surface area contributed by atoms with Gasteiger partial charge in [0, 0.05) is 23.9 Å². The molecule has 10 heteroatoms. The Kier molecular flexibility index (Phi) is 5.27. The Balaban J connectivity index is 1.45. The van der Waals surface area contributed by atoms with Gasteiger partial charge in [0.15, 0.2) is 5.13 Å². The van der Waals surface area contributed by atoms with Gasteiger partial charge in [-0.05, 0) is 31.0 Å². The molecular weight excluding hydrogens is 405 g/mol. The number of nitrogens with zero attached hydrogens (tertiary/aromatic N) is 4. The standard InChI is InChI=1S/C18H17ClFN5O2S/c19-12-8-11(5-6-13(12)20)14-10-28-17(21-14)22-16(26)9-25-18(27)24-7-3-1-2-4-15(24)23-25/h5-6,8,10H,1-4,7,9H2,(H,21,22,26). The Morgan fingerprint density at radius 3 is 3.00 bits per heavy atom. The van der Waals surface area contributed by atoms with Crippen molar-refractivity contribution in [2.75, 3.05) is 5.32 Å². The number of aryl methyl sites for hydroxylation is 1. The molecule has 1 amide bonds. The van der Waals surface area contributed by atoms with Crippen molar-refractivity contribution in [3.63, 3.8) is 0 Å². The summed E-state index contributed by atoms with van der Waals surface area (Å²) in [7, 11) is 0. The van der Waals surface area contributed by atoms with E-state index >= 15 is 0 Å². The third kappa shape index (κ3) is 3.85. The number of rotatable bonds is 4. The maximum absolute atomic E-state index is 13.3. The lowest BCUT2D eigenvalue weighted by Gasteiger charge is -2.02. The number of carbonyl (C=O) groups excluding carboxylic acids is 1. The molecule has 1 aliphatic heterocycles. The number of thiazole rings is 1. The van der Waals surface area contributed by atoms with Crippen LogP contribution < -0.4 is 11.0 Å². The van der Waals surface area contributed by atoms with Crippen molar-refractivity contribution in [2.24, 2.45) is 0 Å². The van der Waals surface area contributed by atoms with E-state index in [1.165, 1.54) is 28.2 Å². The molecule has 0 atom stereocenters. The largest absolute Gasteiger partial charge is 0.346 e. The van der Waals surface area contributed by atoms with E-state index in [1.807, 2.05) is 0 Å². The Labute approximate surface area is 168 Å². The van der Waals surface area contributed by atoms with Crippen LogP contribution in [0.3, 0.4) is 0 Å². The lowest BCUT2D eigenvalue weighted by molar-refractivity contribution is -0.117. The van der Waals surface area contributed by atoms with Crippen LogP contribution in [0.25, 0.3) is 11.3 Å². The van der Waals surface area contributed by atoms with Crippen molar-refractivity contribution in [1.82, 2.24) is 19.3 Å². The van der Waals surface area contributed by atoms with Crippen LogP contribution in [0.4, 0.5) is 9.52 Å². The summed E-state index contributed by atoms with van der Waals surface area (Å²) < 4.78 is 16.1. The minimum Gasteiger partial charge on any atom is -0.300 e. The highest BCUT2D eigenvalue weighted by molar-refractivity contribution is 7.14. The lowest BCUT2D eigenvalue weighted by Crippen LogP contribution is -2.30. The number of halogens is 2. The van der Waals surface area contributed by atoms with Gasteiger partial charge in [-0.25, -0.2) is 18.9 Å². The van der Waals surface area contributed by atoms with Crippen molar-refractivity contribution in [1.29, 1.82) is 0 Å². The predicted octanol–water partition coefficient (Wildman–Crippen LogP) is 3.33. The topological polar surface area (TPSA) is 81.8 Å². The first-order valence-electron chi connectivity index (χ1n) is 8.88. The summed E-state index contributed by atoms with van der Waals surface area (Å²) >= 11 is 7.04. The van der Waals surface area contributed by atoms with Gasteiger partial charge >= 0.3 is 5.69 Å². The highest BCUT2D eigenvalue weighted by atomic mass is 35.5. The van der Waals surface area contributed by atoms with E-state index < -0.39 is 5.82 Å². The van der Waals surface area contributed by atoms with Crippen LogP contribution in [-0.2, 0) is 24.3 Å². The van der Waals surface area contributed by atoms with E-state index in [0.717, 1.165) is 31.5 Å². The van der Waals surface area contributed by atoms with Crippen molar-refractivity contribution in [2.45, 2.75) is 38.8 Å². The predicted molar refractivity (Wildman–Crippen MR) is 105 cm³/mol. The zero-order valence-corrected chi connectivity index (χ0v) is 16.4. The number of nitrogens with one attached hydrogen (secondary N) is 1. The van der Waals surface area contributed by atoms with Crippen molar-refractivity contribution in [3.8, 4) is 11.3 Å². The van der Waals surface area contributed by atoms with Crippen molar-refractivity contribution >= 4 is 34.0 Å². The van der Waals surface area contributed by atoms with Gasteiger partial charge in [0.25, 0.3) is 0 Å². The van der Waals surface area contributed by atoms with Crippen molar-refractivity contribution < 1.29 is 9.18 Å². The first-order valence-corrected chi connectivity index (χ1v) is 10.1. The van der Waals surface area contributed by atoms with E-state index in [9.17, 15) is 14.0 Å². The first-order chi connectivity index (χ1) is 13.5. The molecule has 0 radical (unpaired) electrons. The fourth-order valence-electron chi connectivity index (χ4n) is 3.14. The summed E-state index contributed by atoms with van der Waals surface area (Å²) in [6, 6.07) is 4.32. The van der Waals surface area contributed by atoms with Crippen molar-refractivity contribution in [3.05, 3.63) is 50.7 Å². The minimum atomic E-state index is -0.502. The molecule has 28 heavy (non-hydrogen) atoms. The second kappa shape index (κ2) is 7.84. The van der Waals surface area contributed by atoms with E-state index in [-0.39, 0.29) is 23.2 Å². The molecule has 1 aromatic carbocycles. The zero-order chi connectivity index (χ0) is 19.7. The van der Waals surface area contributed by atoms with Crippen LogP contribution >= 0.6 is 22.9 Å². The summed E-state index contributed by atoms with van der Waals surface area (Å²) in [4.78, 5) is 29.1. The first kappa shape index (κ1) is 18.8. The van der Waals surface area contributed by atoms with Gasteiger partial charge < -0.3 is 5.32 Å². The summed E-state index contributed by atoms with van der Waals surface area (Å²) in [5.41, 5.74) is 0.970. The number of carbonyl (C=O) groups is 1. The maximum Gasteiger partial charge on any atom is 0.346 e. The molecule has 1 aliphatic rings. The molecule has 7 nitrogen and oxygen atoms in total. The lowest BCUT2D eigenvalue weighted by atomic mass is 10.2. The van der Waals surface area contributed by atoms with Gasteiger partial charge in [-0.2, -0.15) is 5.10 Å². The number of hydrogen-bond acceptors (Lipinski definition) is 5. The van der Waals surface area contributed by atoms with E-state index in [4.69, 9.17) is 11.6 Å². The monoisotopic (exact) mass is 421 g/mol. The Bertz CT molecular complexity index is 1090. The van der Waals surface area contributed by atoms with E-state index in [1.54, 1.807) is 16.0 Å². The van der Waals surface area contributed by atoms with Crippen LogP contribution in [0.2, 0.25) is 5.02 Å². The molecule has 0 spiro atoms. The fourth-order valence-corrected chi connectivity index (χ4v) is 4.06. The van der Waals surface area contributed by atoms with Gasteiger partial charge in [0.05, 0.1) is 10.7 Å². The molecule has 1 N–H and O–H groups in total. The smallest absolute Gasteiger partial charge is 0.300 e. The van der Waals surface area contributed by atoms with E-state index in [0.29, 0.717) is 22.9 Å². The molecule has 3 aromatic rings. The third-order valence-electron chi connectivity index (χ3n) is 4.54. The number of fused-ring (bicyclic) bond motifs is 1. The number of hydrogen-bond donors (Lipinski definition) is 1. The molecule has 0 fully saturated rings. The Morgan fingerprint density at radius 1 is 1.32 bits per heavy atom. The second-order valence-corrected chi connectivity index (χ2v) is 7.80. The van der Waals surface area contributed by atoms with Crippen LogP contribution in [0.5, 0.6) is 0 Å². The number of aromatic nitrogens is 4. The Morgan fingerprint density at radius 2 is 2.18 bits per heavy atom. The Hall–Kier alpha value is -2.52. The van der Waals surface area contributed by atoms with Gasteiger partial charge in [-0.1, -0.05) is 18.0 Å². The maximum atomic E-state index is 13.3. The molecule has 4 rings (SSSR count). The minimum absolute atomic E-state index is 0.00927. The average Bonchev–Trinajstić information content (AvgIpc) is 3.14. The summed E-state index contributed by atoms with van der Waals surface area (Å²) in [5, 5.41) is 9.11. The van der Waals surface area contributed by atoms with Gasteiger partial charge in [0.2, 0.25) is 5.91 Å². The second-order valence-electron chi connectivity index (χ2n) is 6.53. The quantitative estimate of drug-likeness (QED) is 0.700. The van der Waals surface area contributed by atoms with E-state index in [2.05, 4.69) is 15.4 Å². The SMILES string of the molecule is O=C(Cn1nc2n(c1=O)CCCCC2)Nc1nc(-c2ccc(F)c(Cl)c2)cs1. The summed E-state index contributed by atoms with van der Waals surface area (Å²) in [6.07, 6.45) is 3.77. The van der Waals surface area contributed by atoms with Crippen LogP contribution in [0.1, 0.15) is 25.1 Å². The molecule has 146 valence electrons. The van der Waals surface area contributed by atoms with Crippen LogP contribution in [0, 0.1) is 5.82 Å². The average molecular weight is 422 g/mol. The molecule has 0 unspecified atom stereocenters. The fraction of sp³-hybridized carbons (Fsp3) is 0.333. The number of anilines is 1. The third-order valence-corrected chi connectivity index (χ3v) is 5.59. The van der Waals surface area contributed by atoms with Gasteiger partial charge in [-0.15, -0.1) is 11.3 Å². The van der Waals surface area contributed by atoms with Crippen LogP contribution in [0.15, 0.2) is 28.4 Å². The highest BCUT2D eigenvalue weighted by Crippen LogP contribution is 2.28. The van der Waals surface area contributed by atoms with Gasteiger partial charge in [-0.3, -0.25) is 9.36 Å². The number of amides is 1. The molecule has 0 saturated carbocycles. The normalized spacial score (nSPS) is 13.8. The summed E-state index contributed by atoms with van der Waals surface area (Å²) in [6.45, 7) is 0.474. The van der Waals surface area contributed by atoms with Gasteiger partial charge in [0.1, 0.15) is 18.2 Å². The molecule has 0 saturated heterocycles. The molecule has 2 aromatic heterocycles. The highest BCUT2D eigenvalue weighted by Gasteiger charge is 2.18. The molecule has 3 heterocycles. The molecular formula is C18H17ClFN5O2S. The molecule has 0 bridgehead atoms. The number of benzene rings is 1. The van der Waals surface area contributed by atoms with Crippen LogP contribution in [-0.4, -0.2) is 25.2 Å².